The minimum Gasteiger partial charge on any atom is -0.340 e. The van der Waals surface area contributed by atoms with E-state index in [0.29, 0.717) is 11.8 Å². The number of carbonyl (C=O) groups excluding carboxylic acids is 1. The molecule has 106 valence electrons. The fraction of sp³-hybridized carbons (Fsp3) is 0.929. The summed E-state index contributed by atoms with van der Waals surface area (Å²) < 4.78 is 0. The molecule has 0 saturated carbocycles. The Morgan fingerprint density at radius 3 is 2.56 bits per heavy atom. The Hall–Kier alpha value is -0.220. The number of hydrogen-bond donors (Lipinski definition) is 1. The molecule has 1 aliphatic heterocycles. The smallest absolute Gasteiger partial charge is 0.240 e. The first-order valence-electron chi connectivity index (χ1n) is 7.30. The lowest BCUT2D eigenvalue weighted by molar-refractivity contribution is -0.134. The van der Waals surface area contributed by atoms with Gasteiger partial charge in [-0.2, -0.15) is 11.8 Å². The number of rotatable bonds is 7. The molecule has 0 spiro atoms. The predicted molar refractivity (Wildman–Crippen MR) is 80.1 cm³/mol. The topological polar surface area (TPSA) is 32.3 Å². The summed E-state index contributed by atoms with van der Waals surface area (Å²) in [5.74, 6) is 2.92. The molecule has 1 N–H and O–H groups in total. The van der Waals surface area contributed by atoms with Gasteiger partial charge in [-0.1, -0.05) is 33.6 Å². The van der Waals surface area contributed by atoms with Crippen molar-refractivity contribution < 1.29 is 4.79 Å². The van der Waals surface area contributed by atoms with E-state index in [-0.39, 0.29) is 6.04 Å². The van der Waals surface area contributed by atoms with Gasteiger partial charge >= 0.3 is 0 Å². The summed E-state index contributed by atoms with van der Waals surface area (Å²) in [5, 5.41) is 3.47. The first-order valence-corrected chi connectivity index (χ1v) is 8.46. The van der Waals surface area contributed by atoms with Gasteiger partial charge in [0.2, 0.25) is 5.91 Å². The molecule has 4 heteroatoms. The summed E-state index contributed by atoms with van der Waals surface area (Å²) in [6.07, 6.45) is 3.38. The predicted octanol–water partition coefficient (Wildman–Crippen LogP) is 2.37. The lowest BCUT2D eigenvalue weighted by Crippen LogP contribution is -2.52. The van der Waals surface area contributed by atoms with Crippen molar-refractivity contribution in [3.63, 3.8) is 0 Å². The van der Waals surface area contributed by atoms with Crippen LogP contribution in [0.4, 0.5) is 0 Å². The Bertz CT molecular complexity index is 242. The molecule has 1 aliphatic rings. The zero-order valence-corrected chi connectivity index (χ0v) is 12.9. The van der Waals surface area contributed by atoms with E-state index in [9.17, 15) is 4.79 Å². The summed E-state index contributed by atoms with van der Waals surface area (Å²) in [5.41, 5.74) is 0. The summed E-state index contributed by atoms with van der Waals surface area (Å²) in [6, 6.07) is 0.0182. The van der Waals surface area contributed by atoms with Gasteiger partial charge in [-0.25, -0.2) is 0 Å². The third-order valence-corrected chi connectivity index (χ3v) is 4.64. The van der Waals surface area contributed by atoms with Crippen LogP contribution in [-0.4, -0.2) is 48.0 Å². The Morgan fingerprint density at radius 1 is 1.33 bits per heavy atom. The highest BCUT2D eigenvalue weighted by Gasteiger charge is 2.28. The van der Waals surface area contributed by atoms with Crippen molar-refractivity contribution in [1.29, 1.82) is 0 Å². The second-order valence-corrected chi connectivity index (χ2v) is 6.33. The molecule has 2 atom stereocenters. The van der Waals surface area contributed by atoms with Crippen molar-refractivity contribution in [3.8, 4) is 0 Å². The summed E-state index contributed by atoms with van der Waals surface area (Å²) in [4.78, 5) is 14.6. The maximum atomic E-state index is 12.5. The van der Waals surface area contributed by atoms with Crippen LogP contribution < -0.4 is 5.32 Å². The van der Waals surface area contributed by atoms with E-state index in [1.165, 1.54) is 6.42 Å². The molecule has 1 amide bonds. The van der Waals surface area contributed by atoms with Crippen molar-refractivity contribution in [3.05, 3.63) is 0 Å². The number of thioether (sulfide) groups is 1. The Labute approximate surface area is 116 Å². The molecule has 0 bridgehead atoms. The van der Waals surface area contributed by atoms with Crippen LogP contribution in [0.5, 0.6) is 0 Å². The molecule has 1 heterocycles. The first kappa shape index (κ1) is 15.8. The lowest BCUT2D eigenvalue weighted by Gasteiger charge is -2.33. The number of unbranched alkanes of at least 4 members (excludes halogenated alkanes) is 1. The second kappa shape index (κ2) is 8.81. The number of nitrogens with zero attached hydrogens (tertiary/aromatic N) is 1. The molecule has 0 aromatic heterocycles. The molecule has 1 rings (SSSR count). The van der Waals surface area contributed by atoms with Gasteiger partial charge in [-0.15, -0.1) is 0 Å². The SMILES string of the molecule is CCCCN[C@H](C(=O)N1CCSCC1)[C@H](C)CC. The molecule has 18 heavy (non-hydrogen) atoms. The minimum atomic E-state index is 0.0182. The summed E-state index contributed by atoms with van der Waals surface area (Å²) >= 11 is 1.95. The third kappa shape index (κ3) is 4.81. The van der Waals surface area contributed by atoms with Crippen molar-refractivity contribution in [2.75, 3.05) is 31.1 Å². The van der Waals surface area contributed by atoms with Crippen LogP contribution in [0.15, 0.2) is 0 Å². The average Bonchev–Trinajstić information content (AvgIpc) is 2.43. The fourth-order valence-electron chi connectivity index (χ4n) is 2.18. The quantitative estimate of drug-likeness (QED) is 0.722. The average molecular weight is 272 g/mol. The highest BCUT2D eigenvalue weighted by Crippen LogP contribution is 2.15. The van der Waals surface area contributed by atoms with Gasteiger partial charge in [0.05, 0.1) is 6.04 Å². The highest BCUT2D eigenvalue weighted by molar-refractivity contribution is 7.99. The number of carbonyl (C=O) groups is 1. The van der Waals surface area contributed by atoms with Crippen LogP contribution in [0, 0.1) is 5.92 Å². The molecule has 0 radical (unpaired) electrons. The number of nitrogens with one attached hydrogen (secondary N) is 1. The zero-order valence-electron chi connectivity index (χ0n) is 12.1. The maximum absolute atomic E-state index is 12.5. The van der Waals surface area contributed by atoms with E-state index in [0.717, 1.165) is 44.0 Å². The van der Waals surface area contributed by atoms with Crippen LogP contribution in [0.25, 0.3) is 0 Å². The highest BCUT2D eigenvalue weighted by atomic mass is 32.2. The largest absolute Gasteiger partial charge is 0.340 e. The first-order chi connectivity index (χ1) is 8.70. The lowest BCUT2D eigenvalue weighted by atomic mass is 9.97. The van der Waals surface area contributed by atoms with Crippen LogP contribution in [0.1, 0.15) is 40.0 Å². The van der Waals surface area contributed by atoms with Crippen molar-refractivity contribution in [2.24, 2.45) is 5.92 Å². The van der Waals surface area contributed by atoms with Crippen molar-refractivity contribution >= 4 is 17.7 Å². The molecule has 1 saturated heterocycles. The summed E-state index contributed by atoms with van der Waals surface area (Å²) in [7, 11) is 0. The molecule has 1 fully saturated rings. The molecule has 3 nitrogen and oxygen atoms in total. The van der Waals surface area contributed by atoms with Gasteiger partial charge < -0.3 is 10.2 Å². The minimum absolute atomic E-state index is 0.0182. The van der Waals surface area contributed by atoms with E-state index in [2.05, 4.69) is 26.1 Å². The van der Waals surface area contributed by atoms with Crippen LogP contribution in [0.3, 0.4) is 0 Å². The van der Waals surface area contributed by atoms with E-state index in [4.69, 9.17) is 0 Å². The molecule has 0 aromatic carbocycles. The molecule has 0 aliphatic carbocycles. The van der Waals surface area contributed by atoms with Crippen LogP contribution >= 0.6 is 11.8 Å². The second-order valence-electron chi connectivity index (χ2n) is 5.11. The zero-order chi connectivity index (χ0) is 13.4. The normalized spacial score (nSPS) is 19.6. The van der Waals surface area contributed by atoms with Gasteiger partial charge in [-0.05, 0) is 18.9 Å². The molecule has 0 unspecified atom stereocenters. The number of amides is 1. The molecular formula is C14H28N2OS. The summed E-state index contributed by atoms with van der Waals surface area (Å²) in [6.45, 7) is 9.33. The van der Waals surface area contributed by atoms with Gasteiger partial charge in [0.15, 0.2) is 0 Å². The fourth-order valence-corrected chi connectivity index (χ4v) is 3.09. The van der Waals surface area contributed by atoms with E-state index >= 15 is 0 Å². The van der Waals surface area contributed by atoms with Gasteiger partial charge in [0.1, 0.15) is 0 Å². The Balaban J connectivity index is 2.53. The molecule has 0 aromatic rings. The van der Waals surface area contributed by atoms with E-state index in [1.54, 1.807) is 0 Å². The van der Waals surface area contributed by atoms with E-state index in [1.807, 2.05) is 16.7 Å². The van der Waals surface area contributed by atoms with Crippen LogP contribution in [0.2, 0.25) is 0 Å². The van der Waals surface area contributed by atoms with Crippen molar-refractivity contribution in [2.45, 2.75) is 46.1 Å². The van der Waals surface area contributed by atoms with Gasteiger partial charge in [0, 0.05) is 24.6 Å². The Morgan fingerprint density at radius 2 is 2.00 bits per heavy atom. The van der Waals surface area contributed by atoms with Gasteiger partial charge in [0.25, 0.3) is 0 Å². The maximum Gasteiger partial charge on any atom is 0.240 e. The molecular weight excluding hydrogens is 244 g/mol. The number of hydrogen-bond acceptors (Lipinski definition) is 3. The van der Waals surface area contributed by atoms with E-state index < -0.39 is 0 Å². The van der Waals surface area contributed by atoms with Gasteiger partial charge in [-0.3, -0.25) is 4.79 Å². The Kier molecular flexibility index (Phi) is 7.75. The van der Waals surface area contributed by atoms with Crippen LogP contribution in [-0.2, 0) is 4.79 Å². The third-order valence-electron chi connectivity index (χ3n) is 3.70. The standard InChI is InChI=1S/C14H28N2OS/c1-4-6-7-15-13(12(3)5-2)14(17)16-8-10-18-11-9-16/h12-13,15H,4-11H2,1-3H3/t12-,13+/m1/s1. The monoisotopic (exact) mass is 272 g/mol. The van der Waals surface area contributed by atoms with Crippen molar-refractivity contribution in [1.82, 2.24) is 10.2 Å².